The number of carbonyl (C=O) groups excluding carboxylic acids is 3. The number of nitrogens with one attached hydrogen (secondary N) is 3. The highest BCUT2D eigenvalue weighted by atomic mass is 16.3. The molecule has 9 nitrogen and oxygen atoms in total. The SMILES string of the molecule is CCCNC(=O)CC(=O)NCCN(CCNC(=O)CC)CC(O)CO. The molecule has 0 heterocycles. The van der Waals surface area contributed by atoms with Gasteiger partial charge in [0.05, 0.1) is 12.7 Å². The summed E-state index contributed by atoms with van der Waals surface area (Å²) in [6.45, 7) is 5.73. The summed E-state index contributed by atoms with van der Waals surface area (Å²) in [6.07, 6.45) is 0.100. The normalized spacial score (nSPS) is 11.9. The summed E-state index contributed by atoms with van der Waals surface area (Å²) in [7, 11) is 0. The predicted octanol–water partition coefficient (Wildman–Crippen LogP) is -1.80. The van der Waals surface area contributed by atoms with E-state index in [0.29, 0.717) is 39.1 Å². The van der Waals surface area contributed by atoms with Crippen LogP contribution in [0.25, 0.3) is 0 Å². The molecule has 9 heteroatoms. The Kier molecular flexibility index (Phi) is 13.6. The molecule has 0 spiro atoms. The van der Waals surface area contributed by atoms with Crippen LogP contribution in [0, 0.1) is 0 Å². The second-order valence-corrected chi connectivity index (χ2v) is 5.72. The van der Waals surface area contributed by atoms with Gasteiger partial charge in [-0.15, -0.1) is 0 Å². The van der Waals surface area contributed by atoms with Crippen molar-refractivity contribution >= 4 is 17.7 Å². The first-order chi connectivity index (χ1) is 11.9. The lowest BCUT2D eigenvalue weighted by Gasteiger charge is -2.24. The van der Waals surface area contributed by atoms with Crippen molar-refractivity contribution in [1.82, 2.24) is 20.9 Å². The molecule has 0 fully saturated rings. The van der Waals surface area contributed by atoms with Crippen molar-refractivity contribution in [3.05, 3.63) is 0 Å². The Balaban J connectivity index is 4.16. The number of amides is 3. The Bertz CT molecular complexity index is 406. The molecule has 0 saturated heterocycles. The molecule has 0 saturated carbocycles. The quantitative estimate of drug-likeness (QED) is 0.232. The molecule has 1 atom stereocenters. The van der Waals surface area contributed by atoms with Crippen LogP contribution < -0.4 is 16.0 Å². The zero-order chi connectivity index (χ0) is 19.1. The molecular weight excluding hydrogens is 328 g/mol. The van der Waals surface area contributed by atoms with Crippen LogP contribution in [0.1, 0.15) is 33.1 Å². The standard InChI is InChI=1S/C16H32N4O5/c1-3-5-17-15(24)10-16(25)19-7-9-20(11-13(22)12-21)8-6-18-14(23)4-2/h13,21-22H,3-12H2,1-2H3,(H,17,24)(H,18,23)(H,19,25). The third-order valence-corrected chi connectivity index (χ3v) is 3.39. The molecule has 0 rings (SSSR count). The molecule has 3 amide bonds. The zero-order valence-electron chi connectivity index (χ0n) is 15.2. The first-order valence-corrected chi connectivity index (χ1v) is 8.74. The van der Waals surface area contributed by atoms with Crippen LogP contribution in [0.15, 0.2) is 0 Å². The van der Waals surface area contributed by atoms with Crippen LogP contribution in [-0.4, -0.2) is 84.8 Å². The van der Waals surface area contributed by atoms with E-state index >= 15 is 0 Å². The smallest absolute Gasteiger partial charge is 0.229 e. The van der Waals surface area contributed by atoms with Crippen LogP contribution >= 0.6 is 0 Å². The monoisotopic (exact) mass is 360 g/mol. The number of aliphatic hydroxyl groups excluding tert-OH is 2. The maximum absolute atomic E-state index is 11.7. The van der Waals surface area contributed by atoms with Crippen molar-refractivity contribution in [2.75, 3.05) is 45.9 Å². The average Bonchev–Trinajstić information content (AvgIpc) is 2.59. The summed E-state index contributed by atoms with van der Waals surface area (Å²) in [5.41, 5.74) is 0. The molecule has 0 aliphatic heterocycles. The Morgan fingerprint density at radius 1 is 0.920 bits per heavy atom. The van der Waals surface area contributed by atoms with Crippen LogP contribution in [-0.2, 0) is 14.4 Å². The molecule has 146 valence electrons. The fourth-order valence-corrected chi connectivity index (χ4v) is 2.02. The van der Waals surface area contributed by atoms with Crippen LogP contribution in [0.2, 0.25) is 0 Å². The Morgan fingerprint density at radius 3 is 1.92 bits per heavy atom. The molecule has 0 bridgehead atoms. The van der Waals surface area contributed by atoms with E-state index in [4.69, 9.17) is 5.11 Å². The van der Waals surface area contributed by atoms with E-state index in [0.717, 1.165) is 6.42 Å². The first kappa shape index (κ1) is 23.3. The van der Waals surface area contributed by atoms with Gasteiger partial charge in [0.25, 0.3) is 0 Å². The van der Waals surface area contributed by atoms with E-state index in [9.17, 15) is 19.5 Å². The van der Waals surface area contributed by atoms with Crippen molar-refractivity contribution in [3.8, 4) is 0 Å². The number of carbonyl (C=O) groups is 3. The minimum atomic E-state index is -0.891. The highest BCUT2D eigenvalue weighted by molar-refractivity contribution is 5.96. The van der Waals surface area contributed by atoms with Crippen molar-refractivity contribution in [2.45, 2.75) is 39.2 Å². The number of nitrogens with zero attached hydrogens (tertiary/aromatic N) is 1. The Hall–Kier alpha value is -1.71. The lowest BCUT2D eigenvalue weighted by atomic mass is 10.3. The molecule has 0 aliphatic rings. The fourth-order valence-electron chi connectivity index (χ4n) is 2.02. The van der Waals surface area contributed by atoms with E-state index in [1.54, 1.807) is 6.92 Å². The van der Waals surface area contributed by atoms with Gasteiger partial charge in [-0.2, -0.15) is 0 Å². The molecule has 1 unspecified atom stereocenters. The van der Waals surface area contributed by atoms with Gasteiger partial charge in [0.2, 0.25) is 17.7 Å². The summed E-state index contributed by atoms with van der Waals surface area (Å²) < 4.78 is 0. The Labute approximate surface area is 149 Å². The summed E-state index contributed by atoms with van der Waals surface area (Å²) >= 11 is 0. The fraction of sp³-hybridized carbons (Fsp3) is 0.812. The predicted molar refractivity (Wildman–Crippen MR) is 93.8 cm³/mol. The molecule has 0 aromatic rings. The minimum Gasteiger partial charge on any atom is -0.394 e. The summed E-state index contributed by atoms with van der Waals surface area (Å²) in [4.78, 5) is 36.2. The zero-order valence-corrected chi connectivity index (χ0v) is 15.2. The first-order valence-electron chi connectivity index (χ1n) is 8.74. The molecule has 0 radical (unpaired) electrons. The van der Waals surface area contributed by atoms with Gasteiger partial charge in [-0.1, -0.05) is 13.8 Å². The van der Waals surface area contributed by atoms with Crippen molar-refractivity contribution < 1.29 is 24.6 Å². The average molecular weight is 360 g/mol. The molecule has 5 N–H and O–H groups in total. The second kappa shape index (κ2) is 14.6. The summed E-state index contributed by atoms with van der Waals surface area (Å²) in [5, 5.41) is 26.5. The van der Waals surface area contributed by atoms with Crippen molar-refractivity contribution in [1.29, 1.82) is 0 Å². The largest absolute Gasteiger partial charge is 0.394 e. The van der Waals surface area contributed by atoms with Gasteiger partial charge in [0, 0.05) is 45.7 Å². The second-order valence-electron chi connectivity index (χ2n) is 5.72. The van der Waals surface area contributed by atoms with Gasteiger partial charge < -0.3 is 26.2 Å². The maximum atomic E-state index is 11.7. The van der Waals surface area contributed by atoms with Crippen LogP contribution in [0.4, 0.5) is 0 Å². The third kappa shape index (κ3) is 13.3. The van der Waals surface area contributed by atoms with E-state index < -0.39 is 6.10 Å². The molecule has 25 heavy (non-hydrogen) atoms. The summed E-state index contributed by atoms with van der Waals surface area (Å²) in [6, 6.07) is 0. The van der Waals surface area contributed by atoms with Crippen LogP contribution in [0.3, 0.4) is 0 Å². The van der Waals surface area contributed by atoms with Crippen molar-refractivity contribution in [3.63, 3.8) is 0 Å². The van der Waals surface area contributed by atoms with Gasteiger partial charge in [-0.3, -0.25) is 19.3 Å². The van der Waals surface area contributed by atoms with E-state index in [2.05, 4.69) is 16.0 Å². The third-order valence-electron chi connectivity index (χ3n) is 3.39. The van der Waals surface area contributed by atoms with Gasteiger partial charge in [-0.25, -0.2) is 0 Å². The van der Waals surface area contributed by atoms with Crippen molar-refractivity contribution in [2.24, 2.45) is 0 Å². The highest BCUT2D eigenvalue weighted by Gasteiger charge is 2.13. The highest BCUT2D eigenvalue weighted by Crippen LogP contribution is 1.92. The number of rotatable bonds is 14. The van der Waals surface area contributed by atoms with E-state index in [-0.39, 0.29) is 37.3 Å². The van der Waals surface area contributed by atoms with E-state index in [1.807, 2.05) is 11.8 Å². The molecule has 0 aliphatic carbocycles. The molecule has 0 aromatic carbocycles. The Morgan fingerprint density at radius 2 is 1.44 bits per heavy atom. The van der Waals surface area contributed by atoms with Crippen LogP contribution in [0.5, 0.6) is 0 Å². The number of hydrogen-bond acceptors (Lipinski definition) is 6. The maximum Gasteiger partial charge on any atom is 0.229 e. The number of hydrogen-bond donors (Lipinski definition) is 5. The minimum absolute atomic E-state index is 0.0611. The van der Waals surface area contributed by atoms with Gasteiger partial charge in [0.1, 0.15) is 6.42 Å². The number of aliphatic hydroxyl groups is 2. The lowest BCUT2D eigenvalue weighted by molar-refractivity contribution is -0.129. The molecule has 0 aromatic heterocycles. The van der Waals surface area contributed by atoms with E-state index in [1.165, 1.54) is 0 Å². The lowest BCUT2D eigenvalue weighted by Crippen LogP contribution is -2.43. The topological polar surface area (TPSA) is 131 Å². The van der Waals surface area contributed by atoms with Gasteiger partial charge in [0.15, 0.2) is 0 Å². The van der Waals surface area contributed by atoms with Gasteiger partial charge >= 0.3 is 0 Å². The summed E-state index contributed by atoms with van der Waals surface area (Å²) in [5.74, 6) is -0.737. The van der Waals surface area contributed by atoms with Gasteiger partial charge in [-0.05, 0) is 6.42 Å². The molecular formula is C16H32N4O5.